The molecule has 0 amide bonds. The lowest BCUT2D eigenvalue weighted by Crippen LogP contribution is -1.97. The summed E-state index contributed by atoms with van der Waals surface area (Å²) >= 11 is 4.55. The summed E-state index contributed by atoms with van der Waals surface area (Å²) in [5.41, 5.74) is 0. The van der Waals surface area contributed by atoms with Gasteiger partial charge < -0.3 is 9.47 Å². The van der Waals surface area contributed by atoms with E-state index in [1.165, 1.54) is 25.4 Å². The van der Waals surface area contributed by atoms with Gasteiger partial charge in [-0.1, -0.05) is 0 Å². The zero-order valence-corrected chi connectivity index (χ0v) is 13.0. The molecule has 0 bridgehead atoms. The van der Waals surface area contributed by atoms with E-state index in [-0.39, 0.29) is 11.7 Å². The summed E-state index contributed by atoms with van der Waals surface area (Å²) in [5, 5.41) is 0.768. The van der Waals surface area contributed by atoms with Gasteiger partial charge >= 0.3 is 0 Å². The number of carbonyl (C=O) groups is 1. The number of nitrogens with zero attached hydrogens (tertiary/aromatic N) is 2. The summed E-state index contributed by atoms with van der Waals surface area (Å²) in [7, 11) is 1.50. The van der Waals surface area contributed by atoms with E-state index in [1.54, 1.807) is 12.1 Å². The van der Waals surface area contributed by atoms with Crippen molar-refractivity contribution in [2.45, 2.75) is 13.8 Å². The van der Waals surface area contributed by atoms with Gasteiger partial charge in [-0.3, -0.25) is 4.79 Å². The minimum absolute atomic E-state index is 0.0790. The Bertz CT molecular complexity index is 627. The summed E-state index contributed by atoms with van der Waals surface area (Å²) in [6.07, 6.45) is 0. The molecule has 2 aromatic heterocycles. The van der Waals surface area contributed by atoms with Crippen molar-refractivity contribution in [3.63, 3.8) is 0 Å². The van der Waals surface area contributed by atoms with Gasteiger partial charge in [0, 0.05) is 6.92 Å². The molecule has 0 saturated carbocycles. The smallest absolute Gasteiger partial charge is 0.258 e. The molecule has 5 nitrogen and oxygen atoms in total. The van der Waals surface area contributed by atoms with Gasteiger partial charge in [0.25, 0.3) is 5.88 Å². The minimum atomic E-state index is -0.0790. The number of aryl methyl sites for hydroxylation is 1. The van der Waals surface area contributed by atoms with E-state index in [0.29, 0.717) is 21.1 Å². The lowest BCUT2D eigenvalue weighted by Gasteiger charge is -2.08. The van der Waals surface area contributed by atoms with Crippen LogP contribution in [0.5, 0.6) is 17.5 Å². The van der Waals surface area contributed by atoms with E-state index >= 15 is 0 Å². The Balaban J connectivity index is 2.38. The van der Waals surface area contributed by atoms with Gasteiger partial charge in [-0.05, 0) is 35.0 Å². The molecule has 0 atom stereocenters. The van der Waals surface area contributed by atoms with E-state index < -0.39 is 0 Å². The van der Waals surface area contributed by atoms with Gasteiger partial charge in [0.05, 0.1) is 12.1 Å². The molecule has 19 heavy (non-hydrogen) atoms. The molecule has 2 aromatic rings. The second-order valence-corrected chi connectivity index (χ2v) is 5.68. The maximum absolute atomic E-state index is 11.5. The molecule has 0 aromatic carbocycles. The van der Waals surface area contributed by atoms with Crippen molar-refractivity contribution in [3.8, 4) is 17.5 Å². The fourth-order valence-electron chi connectivity index (χ4n) is 1.43. The van der Waals surface area contributed by atoms with Crippen LogP contribution in [0.25, 0.3) is 0 Å². The van der Waals surface area contributed by atoms with Crippen LogP contribution in [-0.4, -0.2) is 22.9 Å². The molecule has 0 radical (unpaired) electrons. The summed E-state index contributed by atoms with van der Waals surface area (Å²) in [5.74, 6) is 0.954. The molecule has 0 N–H and O–H groups in total. The van der Waals surface area contributed by atoms with E-state index in [0.717, 1.165) is 5.01 Å². The molecule has 0 aliphatic carbocycles. The highest BCUT2D eigenvalue weighted by molar-refractivity contribution is 9.10. The van der Waals surface area contributed by atoms with Gasteiger partial charge in [0.1, 0.15) is 9.48 Å². The first-order valence-corrected chi connectivity index (χ1v) is 6.99. The van der Waals surface area contributed by atoms with Gasteiger partial charge in [-0.25, -0.2) is 9.97 Å². The van der Waals surface area contributed by atoms with Crippen LogP contribution in [0.15, 0.2) is 16.7 Å². The zero-order valence-electron chi connectivity index (χ0n) is 10.6. The first kappa shape index (κ1) is 14.0. The fourth-order valence-corrected chi connectivity index (χ4v) is 2.47. The second kappa shape index (κ2) is 5.66. The highest BCUT2D eigenvalue weighted by atomic mass is 79.9. The standard InChI is InChI=1S/C12H11BrN2O3S/c1-6(16)10-12(14-7(2)19-10)18-8-4-5-9(13)15-11(8)17-3/h4-5H,1-3H3. The summed E-state index contributed by atoms with van der Waals surface area (Å²) < 4.78 is 11.4. The average Bonchev–Trinajstić information content (AvgIpc) is 2.72. The van der Waals surface area contributed by atoms with Gasteiger partial charge in [0.15, 0.2) is 11.5 Å². The SMILES string of the molecule is COc1nc(Br)ccc1Oc1nc(C)sc1C(C)=O. The molecule has 2 heterocycles. The number of hydrogen-bond acceptors (Lipinski definition) is 6. The molecule has 7 heteroatoms. The normalized spacial score (nSPS) is 10.3. The number of methoxy groups -OCH3 is 1. The van der Waals surface area contributed by atoms with Crippen molar-refractivity contribution in [2.24, 2.45) is 0 Å². The number of ketones is 1. The monoisotopic (exact) mass is 342 g/mol. The number of aromatic nitrogens is 2. The van der Waals surface area contributed by atoms with Crippen LogP contribution in [0.3, 0.4) is 0 Å². The molecule has 0 aliphatic heterocycles. The second-order valence-electron chi connectivity index (χ2n) is 3.67. The molecular weight excluding hydrogens is 332 g/mol. The zero-order chi connectivity index (χ0) is 14.0. The highest BCUT2D eigenvalue weighted by Gasteiger charge is 2.17. The molecule has 0 saturated heterocycles. The van der Waals surface area contributed by atoms with Gasteiger partial charge in [-0.15, -0.1) is 11.3 Å². The maximum atomic E-state index is 11.5. The number of thiazole rings is 1. The first-order chi connectivity index (χ1) is 9.01. The predicted molar refractivity (Wildman–Crippen MR) is 75.4 cm³/mol. The van der Waals surface area contributed by atoms with Crippen molar-refractivity contribution < 1.29 is 14.3 Å². The van der Waals surface area contributed by atoms with Crippen LogP contribution in [0.1, 0.15) is 21.6 Å². The lowest BCUT2D eigenvalue weighted by molar-refractivity contribution is 0.101. The quantitative estimate of drug-likeness (QED) is 0.627. The van der Waals surface area contributed by atoms with Crippen LogP contribution < -0.4 is 9.47 Å². The Kier molecular flexibility index (Phi) is 4.16. The average molecular weight is 343 g/mol. The van der Waals surface area contributed by atoms with Gasteiger partial charge in [0.2, 0.25) is 5.88 Å². The molecule has 0 fully saturated rings. The van der Waals surface area contributed by atoms with E-state index in [2.05, 4.69) is 25.9 Å². The van der Waals surface area contributed by atoms with Crippen molar-refractivity contribution in [1.29, 1.82) is 0 Å². The lowest BCUT2D eigenvalue weighted by atomic mass is 10.4. The van der Waals surface area contributed by atoms with Crippen LogP contribution >= 0.6 is 27.3 Å². The predicted octanol–water partition coefficient (Wildman–Crippen LogP) is 3.61. The molecule has 0 spiro atoms. The first-order valence-electron chi connectivity index (χ1n) is 5.38. The highest BCUT2D eigenvalue weighted by Crippen LogP contribution is 2.34. The number of Topliss-reactive ketones (excluding diaryl/α,β-unsaturated/α-hetero) is 1. The Hall–Kier alpha value is -1.47. The number of hydrogen-bond donors (Lipinski definition) is 0. The fraction of sp³-hybridized carbons (Fsp3) is 0.250. The third-order valence-corrected chi connectivity index (χ3v) is 3.71. The molecule has 0 aliphatic rings. The number of rotatable bonds is 4. The molecule has 0 unspecified atom stereocenters. The van der Waals surface area contributed by atoms with Crippen LogP contribution in [0.4, 0.5) is 0 Å². The summed E-state index contributed by atoms with van der Waals surface area (Å²) in [4.78, 5) is 20.3. The Morgan fingerprint density at radius 2 is 2.05 bits per heavy atom. The van der Waals surface area contributed by atoms with Crippen LogP contribution in [0.2, 0.25) is 0 Å². The maximum Gasteiger partial charge on any atom is 0.258 e. The van der Waals surface area contributed by atoms with E-state index in [9.17, 15) is 4.79 Å². The van der Waals surface area contributed by atoms with Gasteiger partial charge in [-0.2, -0.15) is 0 Å². The Morgan fingerprint density at radius 3 is 2.68 bits per heavy atom. The molecular formula is C12H11BrN2O3S. The Morgan fingerprint density at radius 1 is 1.32 bits per heavy atom. The number of carbonyl (C=O) groups excluding carboxylic acids is 1. The minimum Gasteiger partial charge on any atom is -0.478 e. The van der Waals surface area contributed by atoms with Crippen LogP contribution in [0, 0.1) is 6.92 Å². The topological polar surface area (TPSA) is 61.3 Å². The van der Waals surface area contributed by atoms with E-state index in [4.69, 9.17) is 9.47 Å². The van der Waals surface area contributed by atoms with Crippen molar-refractivity contribution in [1.82, 2.24) is 9.97 Å². The molecule has 2 rings (SSSR count). The number of halogens is 1. The number of ether oxygens (including phenoxy) is 2. The molecule has 100 valence electrons. The summed E-state index contributed by atoms with van der Waals surface area (Å²) in [6.45, 7) is 3.30. The van der Waals surface area contributed by atoms with Crippen molar-refractivity contribution >= 4 is 33.0 Å². The summed E-state index contributed by atoms with van der Waals surface area (Å²) in [6, 6.07) is 3.43. The largest absolute Gasteiger partial charge is 0.478 e. The van der Waals surface area contributed by atoms with E-state index in [1.807, 2.05) is 6.92 Å². The van der Waals surface area contributed by atoms with Crippen molar-refractivity contribution in [2.75, 3.05) is 7.11 Å². The number of pyridine rings is 1. The third kappa shape index (κ3) is 3.10. The van der Waals surface area contributed by atoms with Crippen LogP contribution in [-0.2, 0) is 0 Å². The Labute approximate surface area is 122 Å². The third-order valence-electron chi connectivity index (χ3n) is 2.21. The van der Waals surface area contributed by atoms with Crippen molar-refractivity contribution in [3.05, 3.63) is 26.6 Å².